The van der Waals surface area contributed by atoms with E-state index in [-0.39, 0.29) is 0 Å². The molecular weight excluding hydrogens is 152 g/mol. The SMILES string of the molecule is C[C]1CCc2cc(O)ccc2O1. The smallest absolute Gasteiger partial charge is 0.146 e. The Morgan fingerprint density at radius 2 is 2.17 bits per heavy atom. The average Bonchev–Trinajstić information content (AvgIpc) is 2.05. The maximum absolute atomic E-state index is 9.19. The van der Waals surface area contributed by atoms with Gasteiger partial charge in [0.25, 0.3) is 0 Å². The minimum Gasteiger partial charge on any atom is -0.508 e. The van der Waals surface area contributed by atoms with E-state index in [1.165, 1.54) is 0 Å². The van der Waals surface area contributed by atoms with Gasteiger partial charge in [-0.05, 0) is 43.5 Å². The Balaban J connectivity index is 2.37. The maximum atomic E-state index is 9.19. The number of hydrogen-bond donors (Lipinski definition) is 1. The fourth-order valence-electron chi connectivity index (χ4n) is 1.41. The number of phenols is 1. The molecule has 0 saturated heterocycles. The Bertz CT molecular complexity index is 294. The molecule has 2 nitrogen and oxygen atoms in total. The van der Waals surface area contributed by atoms with Crippen molar-refractivity contribution in [3.05, 3.63) is 29.9 Å². The lowest BCUT2D eigenvalue weighted by Gasteiger charge is -2.21. The summed E-state index contributed by atoms with van der Waals surface area (Å²) in [5, 5.41) is 9.19. The van der Waals surface area contributed by atoms with Crippen LogP contribution in [-0.2, 0) is 6.42 Å². The van der Waals surface area contributed by atoms with E-state index in [0.29, 0.717) is 5.75 Å². The molecule has 0 amide bonds. The summed E-state index contributed by atoms with van der Waals surface area (Å²) < 4.78 is 5.49. The zero-order valence-corrected chi connectivity index (χ0v) is 7.00. The summed E-state index contributed by atoms with van der Waals surface area (Å²) in [6.45, 7) is 1.98. The molecule has 2 heteroatoms. The highest BCUT2D eigenvalue weighted by molar-refractivity contribution is 5.41. The Morgan fingerprint density at radius 1 is 1.33 bits per heavy atom. The van der Waals surface area contributed by atoms with Crippen LogP contribution in [0.15, 0.2) is 18.2 Å². The van der Waals surface area contributed by atoms with Gasteiger partial charge in [-0.3, -0.25) is 0 Å². The molecule has 0 unspecified atom stereocenters. The number of benzene rings is 1. The molecule has 1 aromatic carbocycles. The summed E-state index contributed by atoms with van der Waals surface area (Å²) in [6, 6.07) is 5.23. The summed E-state index contributed by atoms with van der Waals surface area (Å²) in [4.78, 5) is 0. The second kappa shape index (κ2) is 2.70. The normalized spacial score (nSPS) is 16.8. The lowest BCUT2D eigenvalue weighted by atomic mass is 10.0. The minimum atomic E-state index is 0.317. The van der Waals surface area contributed by atoms with Gasteiger partial charge in [0.05, 0.1) is 0 Å². The van der Waals surface area contributed by atoms with E-state index in [0.717, 1.165) is 30.3 Å². The van der Waals surface area contributed by atoms with Crippen LogP contribution in [0.2, 0.25) is 0 Å². The van der Waals surface area contributed by atoms with Crippen molar-refractivity contribution in [1.82, 2.24) is 0 Å². The fraction of sp³-hybridized carbons (Fsp3) is 0.300. The molecule has 0 fully saturated rings. The lowest BCUT2D eigenvalue weighted by molar-refractivity contribution is 0.294. The van der Waals surface area contributed by atoms with Crippen molar-refractivity contribution in [2.75, 3.05) is 0 Å². The van der Waals surface area contributed by atoms with Crippen LogP contribution in [0.5, 0.6) is 11.5 Å². The molecular formula is C10H11O2. The van der Waals surface area contributed by atoms with Crippen LogP contribution in [-0.4, -0.2) is 5.11 Å². The number of aryl methyl sites for hydroxylation is 1. The first-order chi connectivity index (χ1) is 5.75. The van der Waals surface area contributed by atoms with E-state index in [4.69, 9.17) is 4.74 Å². The van der Waals surface area contributed by atoms with Crippen LogP contribution in [0.1, 0.15) is 18.9 Å². The molecule has 1 aromatic rings. The van der Waals surface area contributed by atoms with Crippen molar-refractivity contribution in [3.63, 3.8) is 0 Å². The molecule has 1 aliphatic rings. The van der Waals surface area contributed by atoms with E-state index in [2.05, 4.69) is 0 Å². The van der Waals surface area contributed by atoms with Crippen LogP contribution in [0.25, 0.3) is 0 Å². The van der Waals surface area contributed by atoms with Crippen LogP contribution < -0.4 is 4.74 Å². The summed E-state index contributed by atoms with van der Waals surface area (Å²) in [7, 11) is 0. The first kappa shape index (κ1) is 7.47. The third kappa shape index (κ3) is 1.24. The predicted molar refractivity (Wildman–Crippen MR) is 46.0 cm³/mol. The van der Waals surface area contributed by atoms with Gasteiger partial charge in [0, 0.05) is 0 Å². The minimum absolute atomic E-state index is 0.317. The number of aromatic hydroxyl groups is 1. The Labute approximate surface area is 71.8 Å². The third-order valence-corrected chi connectivity index (χ3v) is 2.07. The number of rotatable bonds is 0. The van der Waals surface area contributed by atoms with E-state index in [1.54, 1.807) is 12.1 Å². The number of fused-ring (bicyclic) bond motifs is 1. The number of ether oxygens (including phenoxy) is 1. The van der Waals surface area contributed by atoms with E-state index in [9.17, 15) is 5.11 Å². The number of phenolic OH excluding ortho intramolecular Hbond substituents is 1. The zero-order chi connectivity index (χ0) is 8.55. The fourth-order valence-corrected chi connectivity index (χ4v) is 1.41. The van der Waals surface area contributed by atoms with Gasteiger partial charge in [0.2, 0.25) is 0 Å². The van der Waals surface area contributed by atoms with Gasteiger partial charge in [-0.1, -0.05) is 0 Å². The summed E-state index contributed by atoms with van der Waals surface area (Å²) >= 11 is 0. The van der Waals surface area contributed by atoms with Crippen molar-refractivity contribution in [2.45, 2.75) is 19.8 Å². The molecule has 0 atom stereocenters. The van der Waals surface area contributed by atoms with Gasteiger partial charge in [-0.2, -0.15) is 0 Å². The first-order valence-corrected chi connectivity index (χ1v) is 4.08. The molecule has 1 radical (unpaired) electrons. The highest BCUT2D eigenvalue weighted by Gasteiger charge is 2.16. The average molecular weight is 163 g/mol. The van der Waals surface area contributed by atoms with Crippen molar-refractivity contribution in [3.8, 4) is 11.5 Å². The summed E-state index contributed by atoms with van der Waals surface area (Å²) in [6.07, 6.45) is 2.97. The quantitative estimate of drug-likeness (QED) is 0.635. The number of hydrogen-bond acceptors (Lipinski definition) is 2. The molecule has 1 aliphatic heterocycles. The molecule has 1 heterocycles. The van der Waals surface area contributed by atoms with E-state index >= 15 is 0 Å². The Hall–Kier alpha value is -1.18. The van der Waals surface area contributed by atoms with Gasteiger partial charge in [0.15, 0.2) is 0 Å². The second-order valence-electron chi connectivity index (χ2n) is 3.10. The molecule has 2 rings (SSSR count). The van der Waals surface area contributed by atoms with Crippen molar-refractivity contribution in [1.29, 1.82) is 0 Å². The Morgan fingerprint density at radius 3 is 3.00 bits per heavy atom. The zero-order valence-electron chi connectivity index (χ0n) is 7.00. The highest BCUT2D eigenvalue weighted by Crippen LogP contribution is 2.32. The molecule has 0 aliphatic carbocycles. The molecule has 12 heavy (non-hydrogen) atoms. The predicted octanol–water partition coefficient (Wildman–Crippen LogP) is 2.27. The third-order valence-electron chi connectivity index (χ3n) is 2.07. The lowest BCUT2D eigenvalue weighted by Crippen LogP contribution is -2.11. The van der Waals surface area contributed by atoms with Crippen molar-refractivity contribution < 1.29 is 9.84 Å². The molecule has 0 aromatic heterocycles. The molecule has 63 valence electrons. The molecule has 1 N–H and O–H groups in total. The van der Waals surface area contributed by atoms with E-state index < -0.39 is 0 Å². The molecule has 0 saturated carbocycles. The summed E-state index contributed by atoms with van der Waals surface area (Å²) in [5.41, 5.74) is 1.10. The van der Waals surface area contributed by atoms with Crippen LogP contribution in [0.3, 0.4) is 0 Å². The van der Waals surface area contributed by atoms with Gasteiger partial charge in [0.1, 0.15) is 17.6 Å². The van der Waals surface area contributed by atoms with Crippen molar-refractivity contribution in [2.24, 2.45) is 0 Å². The first-order valence-electron chi connectivity index (χ1n) is 4.08. The van der Waals surface area contributed by atoms with Crippen molar-refractivity contribution >= 4 is 0 Å². The van der Waals surface area contributed by atoms with Crippen LogP contribution in [0, 0.1) is 6.10 Å². The van der Waals surface area contributed by atoms with Gasteiger partial charge >= 0.3 is 0 Å². The van der Waals surface area contributed by atoms with Gasteiger partial charge < -0.3 is 9.84 Å². The van der Waals surface area contributed by atoms with Gasteiger partial charge in [-0.25, -0.2) is 0 Å². The standard InChI is InChI=1S/C10H11O2/c1-7-2-3-8-6-9(11)4-5-10(8)12-7/h4-6,11H,2-3H2,1H3. The van der Waals surface area contributed by atoms with Gasteiger partial charge in [-0.15, -0.1) is 0 Å². The second-order valence-corrected chi connectivity index (χ2v) is 3.10. The highest BCUT2D eigenvalue weighted by atomic mass is 16.5. The Kier molecular flexibility index (Phi) is 1.68. The van der Waals surface area contributed by atoms with Crippen LogP contribution >= 0.6 is 0 Å². The maximum Gasteiger partial charge on any atom is 0.146 e. The molecule has 0 spiro atoms. The van der Waals surface area contributed by atoms with E-state index in [1.807, 2.05) is 13.0 Å². The largest absolute Gasteiger partial charge is 0.508 e. The molecule has 0 bridgehead atoms. The summed E-state index contributed by atoms with van der Waals surface area (Å²) in [5.74, 6) is 1.20. The monoisotopic (exact) mass is 163 g/mol. The van der Waals surface area contributed by atoms with Crippen LogP contribution in [0.4, 0.5) is 0 Å². The topological polar surface area (TPSA) is 29.5 Å².